The lowest BCUT2D eigenvalue weighted by atomic mass is 9.85. The van der Waals surface area contributed by atoms with E-state index in [0.717, 1.165) is 5.56 Å². The summed E-state index contributed by atoms with van der Waals surface area (Å²) in [6.45, 7) is 6.05. The van der Waals surface area contributed by atoms with Crippen molar-refractivity contribution in [2.24, 2.45) is 5.92 Å². The van der Waals surface area contributed by atoms with Crippen molar-refractivity contribution in [1.82, 2.24) is 0 Å². The average Bonchev–Trinajstić information content (AvgIpc) is 2.45. The molecule has 0 saturated carbocycles. The fraction of sp³-hybridized carbons (Fsp3) is 0.500. The molecule has 4 nitrogen and oxygen atoms in total. The highest BCUT2D eigenvalue weighted by Crippen LogP contribution is 2.28. The maximum absolute atomic E-state index is 12.1. The highest BCUT2D eigenvalue weighted by Gasteiger charge is 2.30. The van der Waals surface area contributed by atoms with Gasteiger partial charge in [-0.25, -0.2) is 0 Å². The second kappa shape index (κ2) is 8.35. The van der Waals surface area contributed by atoms with E-state index in [0.29, 0.717) is 13.2 Å². The van der Waals surface area contributed by atoms with Crippen LogP contribution in [0.5, 0.6) is 0 Å². The summed E-state index contributed by atoms with van der Waals surface area (Å²) in [6.07, 6.45) is 0.0444. The van der Waals surface area contributed by atoms with Gasteiger partial charge in [0.1, 0.15) is 0 Å². The molecule has 0 N–H and O–H groups in total. The molecular weight excluding hydrogens is 256 g/mol. The van der Waals surface area contributed by atoms with E-state index in [1.54, 1.807) is 13.8 Å². The first-order valence-electron chi connectivity index (χ1n) is 6.97. The lowest BCUT2D eigenvalue weighted by Crippen LogP contribution is -2.26. The van der Waals surface area contributed by atoms with E-state index >= 15 is 0 Å². The third kappa shape index (κ3) is 4.68. The third-order valence-electron chi connectivity index (χ3n) is 3.21. The molecule has 4 heteroatoms. The normalized spacial score (nSPS) is 13.3. The minimum atomic E-state index is -0.517. The lowest BCUT2D eigenvalue weighted by molar-refractivity contribution is -0.155. The van der Waals surface area contributed by atoms with Gasteiger partial charge in [0, 0.05) is 0 Å². The molecular formula is C16H22O4. The second-order valence-corrected chi connectivity index (χ2v) is 4.57. The zero-order valence-corrected chi connectivity index (χ0v) is 12.3. The first kappa shape index (κ1) is 16.2. The van der Waals surface area contributed by atoms with Crippen LogP contribution in [-0.4, -0.2) is 25.2 Å². The van der Waals surface area contributed by atoms with Crippen LogP contribution in [0.3, 0.4) is 0 Å². The summed E-state index contributed by atoms with van der Waals surface area (Å²) in [6, 6.07) is 9.64. The monoisotopic (exact) mass is 278 g/mol. The number of ether oxygens (including phenoxy) is 2. The Kier molecular flexibility index (Phi) is 6.77. The van der Waals surface area contributed by atoms with Crippen LogP contribution in [0.1, 0.15) is 38.7 Å². The van der Waals surface area contributed by atoms with Crippen molar-refractivity contribution < 1.29 is 19.1 Å². The molecule has 20 heavy (non-hydrogen) atoms. The summed E-state index contributed by atoms with van der Waals surface area (Å²) in [5.41, 5.74) is 1.01. The SMILES string of the molecule is CCOC(=O)C[C@@H](C(=O)OCC)[C@@H](C)c1ccccc1. The Morgan fingerprint density at radius 2 is 1.65 bits per heavy atom. The summed E-state index contributed by atoms with van der Waals surface area (Å²) < 4.78 is 10.0. The van der Waals surface area contributed by atoms with Crippen molar-refractivity contribution >= 4 is 11.9 Å². The molecule has 0 fully saturated rings. The van der Waals surface area contributed by atoms with Crippen LogP contribution in [0.2, 0.25) is 0 Å². The predicted octanol–water partition coefficient (Wildman–Crippen LogP) is 2.92. The Morgan fingerprint density at radius 3 is 2.20 bits per heavy atom. The largest absolute Gasteiger partial charge is 0.466 e. The summed E-state index contributed by atoms with van der Waals surface area (Å²) in [5, 5.41) is 0. The number of carbonyl (C=O) groups is 2. The fourth-order valence-corrected chi connectivity index (χ4v) is 2.10. The van der Waals surface area contributed by atoms with Gasteiger partial charge in [-0.05, 0) is 25.3 Å². The van der Waals surface area contributed by atoms with E-state index in [1.165, 1.54) is 0 Å². The van der Waals surface area contributed by atoms with Gasteiger partial charge in [-0.3, -0.25) is 9.59 Å². The van der Waals surface area contributed by atoms with Crippen molar-refractivity contribution in [2.75, 3.05) is 13.2 Å². The van der Waals surface area contributed by atoms with Gasteiger partial charge in [0.05, 0.1) is 25.6 Å². The molecule has 2 atom stereocenters. The van der Waals surface area contributed by atoms with Crippen LogP contribution in [0.15, 0.2) is 30.3 Å². The zero-order valence-electron chi connectivity index (χ0n) is 12.3. The summed E-state index contributed by atoms with van der Waals surface area (Å²) in [4.78, 5) is 23.7. The standard InChI is InChI=1S/C16H22O4/c1-4-19-15(17)11-14(16(18)20-5-2)12(3)13-9-7-6-8-10-13/h6-10,12,14H,4-5,11H2,1-3H3/t12-,14+/m0/s1. The van der Waals surface area contributed by atoms with Gasteiger partial charge in [-0.1, -0.05) is 37.3 Å². The molecule has 0 bridgehead atoms. The number of carbonyl (C=O) groups excluding carboxylic acids is 2. The molecule has 0 aromatic heterocycles. The maximum Gasteiger partial charge on any atom is 0.310 e. The van der Waals surface area contributed by atoms with Gasteiger partial charge in [0.25, 0.3) is 0 Å². The number of rotatable bonds is 7. The highest BCUT2D eigenvalue weighted by molar-refractivity contribution is 5.80. The summed E-state index contributed by atoms with van der Waals surface area (Å²) in [5.74, 6) is -1.33. The molecule has 0 aliphatic carbocycles. The third-order valence-corrected chi connectivity index (χ3v) is 3.21. The van der Waals surface area contributed by atoms with Crippen LogP contribution < -0.4 is 0 Å². The topological polar surface area (TPSA) is 52.6 Å². The van der Waals surface area contributed by atoms with Gasteiger partial charge >= 0.3 is 11.9 Å². The van der Waals surface area contributed by atoms with Crippen molar-refractivity contribution in [3.05, 3.63) is 35.9 Å². The molecule has 0 unspecified atom stereocenters. The van der Waals surface area contributed by atoms with E-state index in [-0.39, 0.29) is 24.3 Å². The predicted molar refractivity (Wildman–Crippen MR) is 76.2 cm³/mol. The summed E-state index contributed by atoms with van der Waals surface area (Å²) in [7, 11) is 0. The molecule has 0 saturated heterocycles. The van der Waals surface area contributed by atoms with Crippen LogP contribution in [0, 0.1) is 5.92 Å². The minimum absolute atomic E-state index is 0.0444. The quantitative estimate of drug-likeness (QED) is 0.720. The lowest BCUT2D eigenvalue weighted by Gasteiger charge is -2.22. The molecule has 1 rings (SSSR count). The summed E-state index contributed by atoms with van der Waals surface area (Å²) >= 11 is 0. The highest BCUT2D eigenvalue weighted by atomic mass is 16.5. The van der Waals surface area contributed by atoms with Crippen molar-refractivity contribution in [2.45, 2.75) is 33.1 Å². The molecule has 110 valence electrons. The van der Waals surface area contributed by atoms with E-state index in [1.807, 2.05) is 37.3 Å². The number of benzene rings is 1. The van der Waals surface area contributed by atoms with Crippen molar-refractivity contribution in [1.29, 1.82) is 0 Å². The molecule has 1 aromatic rings. The van der Waals surface area contributed by atoms with Crippen LogP contribution in [0.4, 0.5) is 0 Å². The Labute approximate surface area is 120 Å². The van der Waals surface area contributed by atoms with E-state index in [4.69, 9.17) is 9.47 Å². The van der Waals surface area contributed by atoms with Crippen LogP contribution in [-0.2, 0) is 19.1 Å². The Bertz CT molecular complexity index is 427. The molecule has 0 radical (unpaired) electrons. The molecule has 1 aromatic carbocycles. The van der Waals surface area contributed by atoms with Crippen molar-refractivity contribution in [3.8, 4) is 0 Å². The number of hydrogen-bond donors (Lipinski definition) is 0. The van der Waals surface area contributed by atoms with E-state index in [2.05, 4.69) is 0 Å². The Hall–Kier alpha value is -1.84. The van der Waals surface area contributed by atoms with Gasteiger partial charge in [0.15, 0.2) is 0 Å². The Morgan fingerprint density at radius 1 is 1.05 bits per heavy atom. The smallest absolute Gasteiger partial charge is 0.310 e. The van der Waals surface area contributed by atoms with Gasteiger partial charge in [-0.2, -0.15) is 0 Å². The van der Waals surface area contributed by atoms with Gasteiger partial charge < -0.3 is 9.47 Å². The molecule has 0 aliphatic rings. The average molecular weight is 278 g/mol. The Balaban J connectivity index is 2.86. The van der Waals surface area contributed by atoms with Gasteiger partial charge in [-0.15, -0.1) is 0 Å². The zero-order chi connectivity index (χ0) is 15.0. The fourth-order valence-electron chi connectivity index (χ4n) is 2.10. The first-order chi connectivity index (χ1) is 9.60. The van der Waals surface area contributed by atoms with Crippen LogP contribution in [0.25, 0.3) is 0 Å². The molecule has 0 heterocycles. The number of esters is 2. The molecule has 0 aliphatic heterocycles. The number of hydrogen-bond acceptors (Lipinski definition) is 4. The first-order valence-corrected chi connectivity index (χ1v) is 6.97. The van der Waals surface area contributed by atoms with Crippen LogP contribution >= 0.6 is 0 Å². The maximum atomic E-state index is 12.1. The molecule has 0 spiro atoms. The second-order valence-electron chi connectivity index (χ2n) is 4.57. The van der Waals surface area contributed by atoms with Crippen molar-refractivity contribution in [3.63, 3.8) is 0 Å². The molecule has 0 amide bonds. The van der Waals surface area contributed by atoms with E-state index in [9.17, 15) is 9.59 Å². The van der Waals surface area contributed by atoms with Gasteiger partial charge in [0.2, 0.25) is 0 Å². The van der Waals surface area contributed by atoms with E-state index < -0.39 is 5.92 Å². The minimum Gasteiger partial charge on any atom is -0.466 e.